The number of non-ortho nitro benzene ring substituents is 1. The molecule has 9 heteroatoms. The van der Waals surface area contributed by atoms with Crippen LogP contribution in [-0.2, 0) is 20.0 Å². The molecule has 4 rings (SSSR count). The SMILES string of the molecule is Cn1cc(-c2nn(-c3ccc([N+](=O)[O-])cc3)c3c2CNCC3)nn1. The van der Waals surface area contributed by atoms with Crippen molar-refractivity contribution in [3.8, 4) is 17.1 Å². The number of hydrogen-bond acceptors (Lipinski definition) is 6. The minimum Gasteiger partial charge on any atom is -0.312 e. The van der Waals surface area contributed by atoms with E-state index in [-0.39, 0.29) is 5.69 Å². The van der Waals surface area contributed by atoms with Crippen molar-refractivity contribution in [2.24, 2.45) is 7.05 Å². The normalized spacial score (nSPS) is 13.7. The van der Waals surface area contributed by atoms with Crippen molar-refractivity contribution in [1.82, 2.24) is 30.1 Å². The second-order valence-electron chi connectivity index (χ2n) is 5.66. The fraction of sp³-hybridized carbons (Fsp3) is 0.267. The van der Waals surface area contributed by atoms with E-state index < -0.39 is 4.92 Å². The molecule has 2 aromatic heterocycles. The molecular formula is C15H15N7O2. The average molecular weight is 325 g/mol. The molecule has 9 nitrogen and oxygen atoms in total. The van der Waals surface area contributed by atoms with Gasteiger partial charge in [-0.05, 0) is 12.1 Å². The zero-order valence-electron chi connectivity index (χ0n) is 13.0. The first-order valence-electron chi connectivity index (χ1n) is 7.56. The van der Waals surface area contributed by atoms with Crippen LogP contribution < -0.4 is 5.32 Å². The summed E-state index contributed by atoms with van der Waals surface area (Å²) in [6, 6.07) is 6.42. The molecule has 0 bridgehead atoms. The highest BCUT2D eigenvalue weighted by Crippen LogP contribution is 2.28. The van der Waals surface area contributed by atoms with E-state index in [1.807, 2.05) is 17.9 Å². The minimum absolute atomic E-state index is 0.0654. The number of benzene rings is 1. The van der Waals surface area contributed by atoms with Gasteiger partial charge in [-0.2, -0.15) is 5.10 Å². The first-order valence-corrected chi connectivity index (χ1v) is 7.56. The van der Waals surface area contributed by atoms with Gasteiger partial charge in [-0.3, -0.25) is 14.8 Å². The molecule has 0 saturated carbocycles. The third-order valence-corrected chi connectivity index (χ3v) is 4.08. The first-order chi connectivity index (χ1) is 11.6. The number of aromatic nitrogens is 5. The van der Waals surface area contributed by atoms with Crippen LogP contribution in [0, 0.1) is 10.1 Å². The lowest BCUT2D eigenvalue weighted by atomic mass is 10.1. The van der Waals surface area contributed by atoms with E-state index >= 15 is 0 Å². The number of nitro groups is 1. The summed E-state index contributed by atoms with van der Waals surface area (Å²) >= 11 is 0. The predicted molar refractivity (Wildman–Crippen MR) is 85.6 cm³/mol. The molecule has 0 radical (unpaired) electrons. The molecule has 3 heterocycles. The average Bonchev–Trinajstić information content (AvgIpc) is 3.18. The van der Waals surface area contributed by atoms with Crippen molar-refractivity contribution in [2.45, 2.75) is 13.0 Å². The fourth-order valence-electron chi connectivity index (χ4n) is 2.94. The summed E-state index contributed by atoms with van der Waals surface area (Å²) in [5, 5.41) is 27.0. The minimum atomic E-state index is -0.406. The Morgan fingerprint density at radius 2 is 2.08 bits per heavy atom. The molecule has 3 aromatic rings. The van der Waals surface area contributed by atoms with Crippen LogP contribution in [0.4, 0.5) is 5.69 Å². The van der Waals surface area contributed by atoms with Crippen molar-refractivity contribution in [3.63, 3.8) is 0 Å². The number of hydrogen-bond donors (Lipinski definition) is 1. The lowest BCUT2D eigenvalue weighted by Crippen LogP contribution is -2.24. The van der Waals surface area contributed by atoms with Crippen molar-refractivity contribution in [3.05, 3.63) is 51.8 Å². The van der Waals surface area contributed by atoms with E-state index in [2.05, 4.69) is 15.6 Å². The molecule has 1 aliphatic heterocycles. The molecule has 0 fully saturated rings. The van der Waals surface area contributed by atoms with Crippen LogP contribution in [-0.4, -0.2) is 36.2 Å². The fourth-order valence-corrected chi connectivity index (χ4v) is 2.94. The maximum absolute atomic E-state index is 10.8. The molecule has 0 spiro atoms. The highest BCUT2D eigenvalue weighted by Gasteiger charge is 2.24. The molecular weight excluding hydrogens is 310 g/mol. The van der Waals surface area contributed by atoms with Crippen LogP contribution in [0.3, 0.4) is 0 Å². The Morgan fingerprint density at radius 3 is 2.75 bits per heavy atom. The van der Waals surface area contributed by atoms with Gasteiger partial charge in [0.1, 0.15) is 11.4 Å². The Hall–Kier alpha value is -3.07. The molecule has 24 heavy (non-hydrogen) atoms. The largest absolute Gasteiger partial charge is 0.312 e. The van der Waals surface area contributed by atoms with Gasteiger partial charge in [-0.15, -0.1) is 5.10 Å². The Bertz CT molecular complexity index is 911. The smallest absolute Gasteiger partial charge is 0.269 e. The third-order valence-electron chi connectivity index (χ3n) is 4.08. The highest BCUT2D eigenvalue weighted by molar-refractivity contribution is 5.61. The third kappa shape index (κ3) is 2.35. The van der Waals surface area contributed by atoms with E-state index in [1.54, 1.807) is 16.8 Å². The topological polar surface area (TPSA) is 104 Å². The molecule has 0 unspecified atom stereocenters. The monoisotopic (exact) mass is 325 g/mol. The van der Waals surface area contributed by atoms with Crippen LogP contribution in [0.15, 0.2) is 30.5 Å². The molecule has 0 atom stereocenters. The summed E-state index contributed by atoms with van der Waals surface area (Å²) in [6.45, 7) is 1.58. The quantitative estimate of drug-likeness (QED) is 0.573. The van der Waals surface area contributed by atoms with Gasteiger partial charge in [0.25, 0.3) is 5.69 Å². The van der Waals surface area contributed by atoms with Crippen LogP contribution in [0.25, 0.3) is 17.1 Å². The van der Waals surface area contributed by atoms with Crippen molar-refractivity contribution < 1.29 is 4.92 Å². The predicted octanol–water partition coefficient (Wildman–Crippen LogP) is 1.22. The Labute approximate surface area is 137 Å². The second-order valence-corrected chi connectivity index (χ2v) is 5.66. The van der Waals surface area contributed by atoms with Gasteiger partial charge in [0.2, 0.25) is 0 Å². The summed E-state index contributed by atoms with van der Waals surface area (Å²) in [5.74, 6) is 0. The van der Waals surface area contributed by atoms with Gasteiger partial charge in [-0.1, -0.05) is 5.21 Å². The molecule has 0 amide bonds. The molecule has 1 aromatic carbocycles. The summed E-state index contributed by atoms with van der Waals surface area (Å²) in [4.78, 5) is 10.4. The Kier molecular flexibility index (Phi) is 3.35. The molecule has 0 saturated heterocycles. The molecule has 1 aliphatic rings. The van der Waals surface area contributed by atoms with E-state index in [4.69, 9.17) is 5.10 Å². The lowest BCUT2D eigenvalue weighted by molar-refractivity contribution is -0.384. The van der Waals surface area contributed by atoms with Crippen LogP contribution >= 0.6 is 0 Å². The maximum Gasteiger partial charge on any atom is 0.269 e. The first kappa shape index (κ1) is 14.5. The van der Waals surface area contributed by atoms with Crippen molar-refractivity contribution >= 4 is 5.69 Å². The van der Waals surface area contributed by atoms with Gasteiger partial charge in [0, 0.05) is 44.3 Å². The van der Waals surface area contributed by atoms with Gasteiger partial charge in [-0.25, -0.2) is 4.68 Å². The Morgan fingerprint density at radius 1 is 1.29 bits per heavy atom. The van der Waals surface area contributed by atoms with Crippen molar-refractivity contribution in [2.75, 3.05) is 6.54 Å². The number of nitrogens with zero attached hydrogens (tertiary/aromatic N) is 6. The van der Waals surface area contributed by atoms with Gasteiger partial charge in [0.15, 0.2) is 0 Å². The number of rotatable bonds is 3. The zero-order chi connectivity index (χ0) is 16.7. The number of fused-ring (bicyclic) bond motifs is 1. The molecule has 1 N–H and O–H groups in total. The number of aryl methyl sites for hydroxylation is 1. The van der Waals surface area contributed by atoms with E-state index in [0.29, 0.717) is 6.54 Å². The van der Waals surface area contributed by atoms with Gasteiger partial charge in [0.05, 0.1) is 22.5 Å². The molecule has 122 valence electrons. The summed E-state index contributed by atoms with van der Waals surface area (Å²) in [7, 11) is 1.81. The second kappa shape index (κ2) is 5.53. The number of nitrogens with one attached hydrogen (secondary N) is 1. The van der Waals surface area contributed by atoms with E-state index in [1.165, 1.54) is 12.1 Å². The summed E-state index contributed by atoms with van der Waals surface area (Å²) in [5.41, 5.74) is 4.58. The van der Waals surface area contributed by atoms with E-state index in [9.17, 15) is 10.1 Å². The summed E-state index contributed by atoms with van der Waals surface area (Å²) < 4.78 is 3.49. The van der Waals surface area contributed by atoms with Crippen LogP contribution in [0.2, 0.25) is 0 Å². The number of nitro benzene ring substituents is 1. The van der Waals surface area contributed by atoms with Crippen molar-refractivity contribution in [1.29, 1.82) is 0 Å². The van der Waals surface area contributed by atoms with E-state index in [0.717, 1.165) is 41.3 Å². The highest BCUT2D eigenvalue weighted by atomic mass is 16.6. The standard InChI is InChI=1S/C15H15N7O2/c1-20-9-13(17-19-20)15-12-8-16-7-6-14(12)21(18-15)10-2-4-11(5-3-10)22(23)24/h2-5,9,16H,6-8H2,1H3. The Balaban J connectivity index is 1.83. The molecule has 0 aliphatic carbocycles. The van der Waals surface area contributed by atoms with Gasteiger partial charge >= 0.3 is 0 Å². The zero-order valence-corrected chi connectivity index (χ0v) is 13.0. The van der Waals surface area contributed by atoms with Crippen LogP contribution in [0.1, 0.15) is 11.3 Å². The van der Waals surface area contributed by atoms with Crippen LogP contribution in [0.5, 0.6) is 0 Å². The van der Waals surface area contributed by atoms with Gasteiger partial charge < -0.3 is 5.32 Å². The summed E-state index contributed by atoms with van der Waals surface area (Å²) in [6.07, 6.45) is 2.66. The maximum atomic E-state index is 10.8. The lowest BCUT2D eigenvalue weighted by Gasteiger charge is -2.15.